The highest BCUT2D eigenvalue weighted by atomic mass is 16.2. The summed E-state index contributed by atoms with van der Waals surface area (Å²) in [7, 11) is 0. The van der Waals surface area contributed by atoms with E-state index in [4.69, 9.17) is 0 Å². The van der Waals surface area contributed by atoms with Crippen molar-refractivity contribution < 1.29 is 5.02 Å². The summed E-state index contributed by atoms with van der Waals surface area (Å²) in [5.41, 5.74) is 4.38. The Bertz CT molecular complexity index is 1050. The van der Waals surface area contributed by atoms with Crippen molar-refractivity contribution in [1.82, 2.24) is 0 Å². The maximum atomic E-state index is 10.9. The lowest BCUT2D eigenvalue weighted by molar-refractivity contribution is 0.600. The number of fused-ring (bicyclic) bond motifs is 3. The topological polar surface area (TPSA) is 20.2 Å². The maximum absolute atomic E-state index is 10.9. The van der Waals surface area contributed by atoms with Crippen molar-refractivity contribution in [2.45, 2.75) is 0 Å². The summed E-state index contributed by atoms with van der Waals surface area (Å²) >= 11 is 0. The first kappa shape index (κ1) is 12.0. The molecule has 0 atom stereocenters. The predicted octanol–water partition coefficient (Wildman–Crippen LogP) is 3.07. The zero-order valence-corrected chi connectivity index (χ0v) is 12.0. The van der Waals surface area contributed by atoms with Gasteiger partial charge < -0.3 is 5.02 Å². The van der Waals surface area contributed by atoms with Gasteiger partial charge in [-0.05, 0) is 49.7 Å². The molecule has 2 heteroatoms. The summed E-state index contributed by atoms with van der Waals surface area (Å²) in [6.07, 6.45) is 0. The molecule has 1 aliphatic heterocycles. The molecule has 1 N–H and O–H groups in total. The highest BCUT2D eigenvalue weighted by Crippen LogP contribution is 2.32. The Kier molecular flexibility index (Phi) is 2.30. The molecule has 4 aromatic carbocycles. The highest BCUT2D eigenvalue weighted by molar-refractivity contribution is 6.83. The molecule has 0 saturated heterocycles. The first-order chi connectivity index (χ1) is 10.8. The number of hydrogen-bond acceptors (Lipinski definition) is 1. The summed E-state index contributed by atoms with van der Waals surface area (Å²) in [5.74, 6) is 0. The molecule has 0 aliphatic carbocycles. The normalized spacial score (nSPS) is 12.7. The van der Waals surface area contributed by atoms with Gasteiger partial charge in [0.2, 0.25) is 0 Å². The van der Waals surface area contributed by atoms with Crippen LogP contribution in [0, 0.1) is 0 Å². The van der Waals surface area contributed by atoms with Crippen molar-refractivity contribution in [2.24, 2.45) is 0 Å². The Hall–Kier alpha value is -2.58. The van der Waals surface area contributed by atoms with Gasteiger partial charge in [0.05, 0.1) is 0 Å². The van der Waals surface area contributed by atoms with E-state index in [-0.39, 0.29) is 0 Å². The second-order valence-electron chi connectivity index (χ2n) is 5.94. The second kappa shape index (κ2) is 4.22. The second-order valence-corrected chi connectivity index (χ2v) is 5.94. The van der Waals surface area contributed by atoms with Crippen LogP contribution in [0.5, 0.6) is 0 Å². The summed E-state index contributed by atoms with van der Waals surface area (Å²) in [6, 6.07) is 25.2. The average Bonchev–Trinajstić information content (AvgIpc) is 2.58. The molecule has 1 heterocycles. The van der Waals surface area contributed by atoms with E-state index in [9.17, 15) is 5.02 Å². The van der Waals surface area contributed by atoms with Crippen LogP contribution in [0.4, 0.5) is 0 Å². The van der Waals surface area contributed by atoms with Gasteiger partial charge >= 0.3 is 6.92 Å². The third kappa shape index (κ3) is 1.48. The minimum Gasteiger partial charge on any atom is -0.443 e. The third-order valence-corrected chi connectivity index (χ3v) is 4.73. The molecular weight excluding hydrogens is 267 g/mol. The molecule has 5 rings (SSSR count). The molecule has 0 spiro atoms. The van der Waals surface area contributed by atoms with E-state index in [1.807, 2.05) is 18.2 Å². The first-order valence-corrected chi connectivity index (χ1v) is 7.56. The molecule has 22 heavy (non-hydrogen) atoms. The molecule has 4 aromatic rings. The lowest BCUT2D eigenvalue weighted by Gasteiger charge is -2.23. The lowest BCUT2D eigenvalue weighted by atomic mass is 9.50. The number of hydrogen-bond donors (Lipinski definition) is 1. The fourth-order valence-electron chi connectivity index (χ4n) is 3.71. The fraction of sp³-hybridized carbons (Fsp3) is 0. The quantitative estimate of drug-likeness (QED) is 0.491. The molecule has 0 aromatic heterocycles. The van der Waals surface area contributed by atoms with Crippen LogP contribution in [0.3, 0.4) is 0 Å². The number of rotatable bonds is 0. The SMILES string of the molecule is OB1c2cc3ccccc3cc2-c2cccc3cccc1c23. The summed E-state index contributed by atoms with van der Waals surface area (Å²) in [6.45, 7) is -0.557. The van der Waals surface area contributed by atoms with Gasteiger partial charge in [-0.25, -0.2) is 0 Å². The van der Waals surface area contributed by atoms with E-state index in [0.29, 0.717) is 0 Å². The van der Waals surface area contributed by atoms with E-state index in [1.54, 1.807) is 0 Å². The Balaban J connectivity index is 1.98. The summed E-state index contributed by atoms with van der Waals surface area (Å²) in [4.78, 5) is 0. The standard InChI is InChI=1S/C20H13BO/c22-21-18-10-4-8-13-7-3-9-16(20(13)18)17-11-14-5-1-2-6-15(14)12-19(17)21/h1-12,22H. The summed E-state index contributed by atoms with van der Waals surface area (Å²) < 4.78 is 0. The molecule has 0 amide bonds. The Labute approximate surface area is 128 Å². The monoisotopic (exact) mass is 280 g/mol. The summed E-state index contributed by atoms with van der Waals surface area (Å²) in [5, 5.41) is 15.6. The van der Waals surface area contributed by atoms with Gasteiger partial charge in [-0.15, -0.1) is 0 Å². The van der Waals surface area contributed by atoms with Crippen molar-refractivity contribution in [1.29, 1.82) is 0 Å². The third-order valence-electron chi connectivity index (χ3n) is 4.73. The highest BCUT2D eigenvalue weighted by Gasteiger charge is 2.29. The molecule has 0 saturated carbocycles. The van der Waals surface area contributed by atoms with Gasteiger partial charge in [0, 0.05) is 0 Å². The van der Waals surface area contributed by atoms with Crippen LogP contribution in [0.1, 0.15) is 0 Å². The molecule has 0 fully saturated rings. The van der Waals surface area contributed by atoms with E-state index in [2.05, 4.69) is 54.6 Å². The average molecular weight is 280 g/mol. The number of benzene rings is 4. The molecular formula is C20H13BO. The van der Waals surface area contributed by atoms with Crippen LogP contribution < -0.4 is 10.9 Å². The van der Waals surface area contributed by atoms with Crippen molar-refractivity contribution in [2.75, 3.05) is 0 Å². The van der Waals surface area contributed by atoms with Gasteiger partial charge in [0.25, 0.3) is 0 Å². The Morgan fingerprint density at radius 2 is 1.27 bits per heavy atom. The van der Waals surface area contributed by atoms with Crippen LogP contribution in [-0.2, 0) is 0 Å². The van der Waals surface area contributed by atoms with Crippen LogP contribution in [0.2, 0.25) is 0 Å². The molecule has 0 radical (unpaired) electrons. The maximum Gasteiger partial charge on any atom is 0.360 e. The molecule has 1 aliphatic rings. The first-order valence-electron chi connectivity index (χ1n) is 7.56. The van der Waals surface area contributed by atoms with Gasteiger partial charge in [-0.3, -0.25) is 0 Å². The Morgan fingerprint density at radius 1 is 0.591 bits per heavy atom. The lowest BCUT2D eigenvalue weighted by Crippen LogP contribution is -2.46. The fourth-order valence-corrected chi connectivity index (χ4v) is 3.71. The van der Waals surface area contributed by atoms with Crippen molar-refractivity contribution >= 4 is 39.4 Å². The van der Waals surface area contributed by atoms with Crippen molar-refractivity contribution in [3.05, 3.63) is 72.8 Å². The van der Waals surface area contributed by atoms with E-state index >= 15 is 0 Å². The zero-order valence-electron chi connectivity index (χ0n) is 12.0. The van der Waals surface area contributed by atoms with E-state index in [0.717, 1.165) is 16.5 Å². The van der Waals surface area contributed by atoms with Crippen LogP contribution in [-0.4, -0.2) is 11.9 Å². The van der Waals surface area contributed by atoms with Gasteiger partial charge in [-0.1, -0.05) is 66.7 Å². The zero-order chi connectivity index (χ0) is 14.7. The molecule has 0 unspecified atom stereocenters. The van der Waals surface area contributed by atoms with E-state index < -0.39 is 6.92 Å². The molecule has 1 nitrogen and oxygen atoms in total. The van der Waals surface area contributed by atoms with Gasteiger partial charge in [0.15, 0.2) is 0 Å². The minimum atomic E-state index is -0.557. The Morgan fingerprint density at radius 3 is 2.09 bits per heavy atom. The molecule has 102 valence electrons. The largest absolute Gasteiger partial charge is 0.443 e. The van der Waals surface area contributed by atoms with Gasteiger partial charge in [0.1, 0.15) is 0 Å². The predicted molar refractivity (Wildman–Crippen MR) is 94.1 cm³/mol. The van der Waals surface area contributed by atoms with Crippen LogP contribution in [0.15, 0.2) is 72.8 Å². The van der Waals surface area contributed by atoms with Crippen molar-refractivity contribution in [3.63, 3.8) is 0 Å². The minimum absolute atomic E-state index is 0.557. The molecule has 0 bridgehead atoms. The van der Waals surface area contributed by atoms with Crippen molar-refractivity contribution in [3.8, 4) is 11.1 Å². The smallest absolute Gasteiger partial charge is 0.360 e. The van der Waals surface area contributed by atoms with Gasteiger partial charge in [-0.2, -0.15) is 0 Å². The van der Waals surface area contributed by atoms with Crippen LogP contribution in [0.25, 0.3) is 32.7 Å². The van der Waals surface area contributed by atoms with Crippen LogP contribution >= 0.6 is 0 Å². The van der Waals surface area contributed by atoms with E-state index in [1.165, 1.54) is 27.1 Å².